The van der Waals surface area contributed by atoms with Gasteiger partial charge in [-0.1, -0.05) is 5.92 Å². The number of terminal acetylenes is 1. The van der Waals surface area contributed by atoms with Crippen molar-refractivity contribution in [2.24, 2.45) is 5.41 Å². The molecular weight excluding hydrogens is 770 g/mol. The van der Waals surface area contributed by atoms with Crippen LogP contribution in [0.1, 0.15) is 25.5 Å². The molecule has 6 rings (SSSR count). The van der Waals surface area contributed by atoms with E-state index in [-0.39, 0.29) is 30.0 Å². The van der Waals surface area contributed by atoms with Gasteiger partial charge in [0.05, 0.1) is 82.9 Å². The van der Waals surface area contributed by atoms with E-state index in [0.29, 0.717) is 88.9 Å². The fourth-order valence-corrected chi connectivity index (χ4v) is 8.61. The molecule has 22 heteroatoms. The van der Waals surface area contributed by atoms with Crippen LogP contribution in [0.25, 0.3) is 11.0 Å². The Bertz CT molecular complexity index is 1740. The van der Waals surface area contributed by atoms with E-state index in [4.69, 9.17) is 60.8 Å². The van der Waals surface area contributed by atoms with Crippen molar-refractivity contribution in [2.75, 3.05) is 108 Å². The summed E-state index contributed by atoms with van der Waals surface area (Å²) in [6.45, 7) is 7.06. The first-order chi connectivity index (χ1) is 26.1. The molecule has 19 nitrogen and oxygen atoms in total. The molecule has 0 radical (unpaired) electrons. The standard InChI is InChI=1S/C32H45ClN8O11P2/c1-2-7-46-8-9-47-10-11-48-12-13-49-14-15-50-25-16-34-31(35-17-25)39-6-5-32(20-39)21-40(22-32)28-26-18-36-41(29(26)38-30(33)37-28)27-4-3-24(52-27)19-51-53(42)23-54(43,44)45/h1,16-18,24,27,42H,3-15,19-23H2,(H2,43,44,45). The Balaban J connectivity index is 0.902. The highest BCUT2D eigenvalue weighted by Crippen LogP contribution is 2.50. The van der Waals surface area contributed by atoms with Crippen molar-refractivity contribution in [3.8, 4) is 18.1 Å². The highest BCUT2D eigenvalue weighted by Gasteiger charge is 2.49. The van der Waals surface area contributed by atoms with Crippen molar-refractivity contribution < 1.29 is 52.2 Å². The Morgan fingerprint density at radius 2 is 1.63 bits per heavy atom. The molecular formula is C32H45ClN8O11P2. The Kier molecular flexibility index (Phi) is 14.6. The summed E-state index contributed by atoms with van der Waals surface area (Å²) in [5.74, 6) is 3.62. The van der Waals surface area contributed by atoms with Gasteiger partial charge in [-0.2, -0.15) is 15.1 Å². The third-order valence-electron chi connectivity index (χ3n) is 8.96. The summed E-state index contributed by atoms with van der Waals surface area (Å²) >= 11 is 6.41. The first kappa shape index (κ1) is 40.8. The van der Waals surface area contributed by atoms with Gasteiger partial charge in [0.2, 0.25) is 11.2 Å². The van der Waals surface area contributed by atoms with Gasteiger partial charge in [0.25, 0.3) is 0 Å². The average Bonchev–Trinajstić information content (AvgIpc) is 3.89. The SMILES string of the molecule is C#CCOCCOCCOCCOCCOc1cnc(N2CCC3(C2)CN(c2nc(Cl)nc4c2cnn4C2CCC(COP(O)CP(=O)(O)O)O2)C3)nc1. The fourth-order valence-electron chi connectivity index (χ4n) is 6.53. The molecule has 3 aliphatic rings. The highest BCUT2D eigenvalue weighted by atomic mass is 35.5. The van der Waals surface area contributed by atoms with Gasteiger partial charge in [-0.25, -0.2) is 14.6 Å². The van der Waals surface area contributed by atoms with Crippen molar-refractivity contribution in [1.29, 1.82) is 0 Å². The first-order valence-electron chi connectivity index (χ1n) is 17.5. The number of ether oxygens (including phenoxy) is 6. The van der Waals surface area contributed by atoms with Gasteiger partial charge >= 0.3 is 7.60 Å². The summed E-state index contributed by atoms with van der Waals surface area (Å²) < 4.78 is 51.4. The van der Waals surface area contributed by atoms with Crippen LogP contribution in [0.2, 0.25) is 5.28 Å². The summed E-state index contributed by atoms with van der Waals surface area (Å²) in [7, 11) is -6.63. The molecule has 3 saturated heterocycles. The molecule has 3 aromatic heterocycles. The quantitative estimate of drug-likeness (QED) is 0.0573. The van der Waals surface area contributed by atoms with E-state index in [1.54, 1.807) is 23.3 Å². The third-order valence-corrected chi connectivity index (χ3v) is 12.0. The molecule has 0 aliphatic carbocycles. The molecule has 0 aromatic carbocycles. The topological polar surface area (TPSA) is 218 Å². The van der Waals surface area contributed by atoms with Gasteiger partial charge < -0.3 is 57.4 Å². The Labute approximate surface area is 318 Å². The van der Waals surface area contributed by atoms with Crippen LogP contribution in [0.4, 0.5) is 11.8 Å². The summed E-state index contributed by atoms with van der Waals surface area (Å²) in [5.41, 5.74) is 0.599. The van der Waals surface area contributed by atoms with E-state index in [0.717, 1.165) is 38.0 Å². The predicted molar refractivity (Wildman–Crippen MR) is 197 cm³/mol. The van der Waals surface area contributed by atoms with E-state index in [1.807, 2.05) is 0 Å². The second kappa shape index (κ2) is 19.4. The Morgan fingerprint density at radius 1 is 0.963 bits per heavy atom. The zero-order valence-electron chi connectivity index (χ0n) is 29.6. The summed E-state index contributed by atoms with van der Waals surface area (Å²) in [4.78, 5) is 50.4. The molecule has 3 atom stereocenters. The van der Waals surface area contributed by atoms with Crippen molar-refractivity contribution >= 4 is 50.4 Å². The van der Waals surface area contributed by atoms with Gasteiger partial charge in [0.15, 0.2) is 26.0 Å². The fraction of sp³-hybridized carbons (Fsp3) is 0.656. The number of anilines is 2. The van der Waals surface area contributed by atoms with E-state index in [1.165, 1.54) is 0 Å². The van der Waals surface area contributed by atoms with Crippen LogP contribution in [0.5, 0.6) is 5.75 Å². The maximum atomic E-state index is 11.1. The van der Waals surface area contributed by atoms with Gasteiger partial charge in [-0.3, -0.25) is 4.57 Å². The normalized spacial score (nSPS) is 20.1. The molecule has 6 heterocycles. The second-order valence-electron chi connectivity index (χ2n) is 13.1. The number of hydrogen-bond acceptors (Lipinski definition) is 16. The van der Waals surface area contributed by atoms with Crippen molar-refractivity contribution in [3.05, 3.63) is 23.9 Å². The number of nitrogens with zero attached hydrogens (tertiary/aromatic N) is 8. The Morgan fingerprint density at radius 3 is 2.31 bits per heavy atom. The number of fused-ring (bicyclic) bond motifs is 1. The van der Waals surface area contributed by atoms with Crippen molar-refractivity contribution in [3.63, 3.8) is 0 Å². The van der Waals surface area contributed by atoms with Crippen LogP contribution in [0.15, 0.2) is 18.6 Å². The molecule has 3 unspecified atom stereocenters. The minimum atomic E-state index is -4.37. The zero-order chi connectivity index (χ0) is 38.0. The van der Waals surface area contributed by atoms with Crippen LogP contribution in [-0.4, -0.2) is 149 Å². The molecule has 54 heavy (non-hydrogen) atoms. The van der Waals surface area contributed by atoms with E-state index >= 15 is 0 Å². The lowest BCUT2D eigenvalue weighted by Crippen LogP contribution is -2.58. The van der Waals surface area contributed by atoms with Crippen LogP contribution in [0.3, 0.4) is 0 Å². The minimum Gasteiger partial charge on any atom is -0.488 e. The van der Waals surface area contributed by atoms with Gasteiger partial charge in [0, 0.05) is 31.6 Å². The molecule has 3 fully saturated rings. The second-order valence-corrected chi connectivity index (χ2v) is 16.8. The van der Waals surface area contributed by atoms with Crippen LogP contribution in [-0.2, 0) is 32.8 Å². The predicted octanol–water partition coefficient (Wildman–Crippen LogP) is 2.20. The van der Waals surface area contributed by atoms with Gasteiger partial charge in [-0.15, -0.1) is 6.42 Å². The molecule has 3 aliphatic heterocycles. The van der Waals surface area contributed by atoms with E-state index in [9.17, 15) is 9.46 Å². The average molecular weight is 815 g/mol. The highest BCUT2D eigenvalue weighted by molar-refractivity contribution is 7.67. The van der Waals surface area contributed by atoms with Crippen LogP contribution >= 0.6 is 27.6 Å². The minimum absolute atomic E-state index is 0.00631. The van der Waals surface area contributed by atoms with Gasteiger partial charge in [-0.05, 0) is 30.9 Å². The van der Waals surface area contributed by atoms with Crippen LogP contribution < -0.4 is 14.5 Å². The summed E-state index contributed by atoms with van der Waals surface area (Å²) in [5, 5.41) is 5.41. The van der Waals surface area contributed by atoms with Crippen LogP contribution in [0, 0.1) is 17.8 Å². The van der Waals surface area contributed by atoms with Gasteiger partial charge in [0.1, 0.15) is 24.9 Å². The Hall–Kier alpha value is -2.82. The van der Waals surface area contributed by atoms with E-state index in [2.05, 4.69) is 40.8 Å². The molecule has 1 spiro atoms. The molecule has 0 amide bonds. The molecule has 0 bridgehead atoms. The first-order valence-corrected chi connectivity index (χ1v) is 21.1. The number of hydrogen-bond donors (Lipinski definition) is 3. The smallest absolute Gasteiger partial charge is 0.334 e. The number of halogens is 1. The van der Waals surface area contributed by atoms with Crippen molar-refractivity contribution in [2.45, 2.75) is 31.6 Å². The molecule has 296 valence electrons. The maximum Gasteiger partial charge on any atom is 0.334 e. The number of rotatable bonds is 22. The lowest BCUT2D eigenvalue weighted by atomic mass is 9.79. The lowest BCUT2D eigenvalue weighted by molar-refractivity contribution is -0.0213. The third kappa shape index (κ3) is 11.4. The summed E-state index contributed by atoms with van der Waals surface area (Å²) in [6, 6.07) is 0. The molecule has 3 N–H and O–H groups in total. The monoisotopic (exact) mass is 814 g/mol. The number of aromatic nitrogens is 6. The zero-order valence-corrected chi connectivity index (χ0v) is 32.2. The lowest BCUT2D eigenvalue weighted by Gasteiger charge is -2.48. The molecule has 3 aromatic rings. The van der Waals surface area contributed by atoms with Crippen molar-refractivity contribution in [1.82, 2.24) is 29.7 Å². The van der Waals surface area contributed by atoms with E-state index < -0.39 is 28.1 Å². The largest absolute Gasteiger partial charge is 0.488 e. The molecule has 0 saturated carbocycles. The summed E-state index contributed by atoms with van der Waals surface area (Å²) in [6.07, 6.45) is 11.6. The maximum absolute atomic E-state index is 11.1.